The van der Waals surface area contributed by atoms with Crippen LogP contribution in [-0.4, -0.2) is 17.6 Å². The van der Waals surface area contributed by atoms with E-state index in [2.05, 4.69) is 15.3 Å². The quantitative estimate of drug-likeness (QED) is 0.740. The summed E-state index contributed by atoms with van der Waals surface area (Å²) in [6, 6.07) is 0.777. The third kappa shape index (κ3) is 1.66. The first kappa shape index (κ1) is 9.91. The highest BCUT2D eigenvalue weighted by atomic mass is 35.5. The molecule has 2 unspecified atom stereocenters. The Labute approximate surface area is 99.3 Å². The summed E-state index contributed by atoms with van der Waals surface area (Å²) in [6.45, 7) is 1.20. The Hall–Kier alpha value is -0.280. The average molecular weight is 243 g/mol. The van der Waals surface area contributed by atoms with Gasteiger partial charge in [-0.2, -0.15) is 0 Å². The van der Waals surface area contributed by atoms with Gasteiger partial charge < -0.3 is 4.90 Å². The fourth-order valence-electron chi connectivity index (χ4n) is 2.96. The Morgan fingerprint density at radius 2 is 2.40 bits per heavy atom. The van der Waals surface area contributed by atoms with Crippen LogP contribution in [0.25, 0.3) is 0 Å². The second kappa shape index (κ2) is 3.95. The highest BCUT2D eigenvalue weighted by Gasteiger charge is 2.38. The number of nitrogens with zero attached hydrogens (tertiary/aromatic N) is 2. The van der Waals surface area contributed by atoms with Gasteiger partial charge in [0.2, 0.25) is 0 Å². The lowest BCUT2D eigenvalue weighted by molar-refractivity contribution is 0.541. The minimum Gasteiger partial charge on any atom is -0.345 e. The van der Waals surface area contributed by atoms with Gasteiger partial charge >= 0.3 is 0 Å². The van der Waals surface area contributed by atoms with Gasteiger partial charge in [-0.1, -0.05) is 6.42 Å². The van der Waals surface area contributed by atoms with Crippen LogP contribution in [0.15, 0.2) is 5.38 Å². The van der Waals surface area contributed by atoms with E-state index in [9.17, 15) is 0 Å². The summed E-state index contributed by atoms with van der Waals surface area (Å²) >= 11 is 7.53. The molecule has 0 bridgehead atoms. The second-order valence-electron chi connectivity index (χ2n) is 4.50. The summed E-state index contributed by atoms with van der Waals surface area (Å²) in [4.78, 5) is 7.10. The van der Waals surface area contributed by atoms with E-state index in [1.807, 2.05) is 0 Å². The molecule has 2 nitrogen and oxygen atoms in total. The molecule has 0 spiro atoms. The summed E-state index contributed by atoms with van der Waals surface area (Å²) in [5.41, 5.74) is 1.03. The predicted octanol–water partition coefficient (Wildman–Crippen LogP) is 3.26. The number of hydrogen-bond donors (Lipinski definition) is 0. The van der Waals surface area contributed by atoms with Gasteiger partial charge in [0.05, 0.1) is 11.6 Å². The lowest BCUT2D eigenvalue weighted by atomic mass is 10.1. The number of halogens is 1. The number of hydrogen-bond acceptors (Lipinski definition) is 3. The van der Waals surface area contributed by atoms with Crippen molar-refractivity contribution in [2.45, 2.75) is 37.6 Å². The first-order valence-corrected chi connectivity index (χ1v) is 7.07. The van der Waals surface area contributed by atoms with Crippen LogP contribution in [-0.2, 0) is 5.88 Å². The molecule has 2 fully saturated rings. The fraction of sp³-hybridized carbons (Fsp3) is 0.727. The standard InChI is InChI=1S/C11H15ClN2S/c12-6-9-7-15-11(13-9)14-5-4-8-2-1-3-10(8)14/h7-8,10H,1-6H2. The zero-order valence-corrected chi connectivity index (χ0v) is 10.2. The molecule has 0 radical (unpaired) electrons. The average Bonchev–Trinajstić information content (AvgIpc) is 2.92. The molecule has 0 aromatic carbocycles. The molecule has 1 saturated carbocycles. The van der Waals surface area contributed by atoms with Crippen LogP contribution in [0.4, 0.5) is 5.13 Å². The van der Waals surface area contributed by atoms with E-state index in [1.165, 1.54) is 37.4 Å². The molecule has 3 rings (SSSR count). The normalized spacial score (nSPS) is 29.8. The van der Waals surface area contributed by atoms with Gasteiger partial charge in [-0.15, -0.1) is 22.9 Å². The largest absolute Gasteiger partial charge is 0.345 e. The molecule has 1 aliphatic carbocycles. The summed E-state index contributed by atoms with van der Waals surface area (Å²) in [7, 11) is 0. The molecule has 15 heavy (non-hydrogen) atoms. The molecule has 2 atom stereocenters. The van der Waals surface area contributed by atoms with Crippen molar-refractivity contribution >= 4 is 28.1 Å². The molecule has 0 amide bonds. The Bertz CT molecular complexity index is 352. The van der Waals surface area contributed by atoms with E-state index in [4.69, 9.17) is 11.6 Å². The lowest BCUT2D eigenvalue weighted by Crippen LogP contribution is -2.29. The number of aromatic nitrogens is 1. The van der Waals surface area contributed by atoms with Crippen LogP contribution in [0.3, 0.4) is 0 Å². The van der Waals surface area contributed by atoms with E-state index in [0.29, 0.717) is 5.88 Å². The topological polar surface area (TPSA) is 16.1 Å². The van der Waals surface area contributed by atoms with E-state index in [-0.39, 0.29) is 0 Å². The molecule has 4 heteroatoms. The van der Waals surface area contributed by atoms with Crippen molar-refractivity contribution in [3.05, 3.63) is 11.1 Å². The minimum atomic E-state index is 0.540. The first-order valence-electron chi connectivity index (χ1n) is 5.65. The molecular weight excluding hydrogens is 228 g/mol. The summed E-state index contributed by atoms with van der Waals surface area (Å²) in [5.74, 6) is 1.48. The zero-order valence-electron chi connectivity index (χ0n) is 8.66. The highest BCUT2D eigenvalue weighted by molar-refractivity contribution is 7.13. The van der Waals surface area contributed by atoms with Crippen LogP contribution in [0.5, 0.6) is 0 Å². The predicted molar refractivity (Wildman–Crippen MR) is 64.8 cm³/mol. The maximum Gasteiger partial charge on any atom is 0.185 e. The molecule has 1 aromatic heterocycles. The zero-order chi connectivity index (χ0) is 10.3. The molecule has 0 N–H and O–H groups in total. The van der Waals surface area contributed by atoms with Crippen molar-refractivity contribution in [2.75, 3.05) is 11.4 Å². The van der Waals surface area contributed by atoms with Crippen molar-refractivity contribution in [3.8, 4) is 0 Å². The van der Waals surface area contributed by atoms with Gasteiger partial charge in [0.1, 0.15) is 0 Å². The van der Waals surface area contributed by atoms with Gasteiger partial charge in [-0.3, -0.25) is 0 Å². The van der Waals surface area contributed by atoms with Crippen molar-refractivity contribution in [1.29, 1.82) is 0 Å². The van der Waals surface area contributed by atoms with E-state index >= 15 is 0 Å². The van der Waals surface area contributed by atoms with Gasteiger partial charge in [-0.05, 0) is 25.2 Å². The number of anilines is 1. The Morgan fingerprint density at radius 1 is 1.47 bits per heavy atom. The van der Waals surface area contributed by atoms with Gasteiger partial charge in [0, 0.05) is 18.0 Å². The van der Waals surface area contributed by atoms with Gasteiger partial charge in [-0.25, -0.2) is 4.98 Å². The van der Waals surface area contributed by atoms with Crippen LogP contribution < -0.4 is 4.90 Å². The van der Waals surface area contributed by atoms with Crippen LogP contribution >= 0.6 is 22.9 Å². The number of thiazole rings is 1. The number of fused-ring (bicyclic) bond motifs is 1. The molecular formula is C11H15ClN2S. The summed E-state index contributed by atoms with van der Waals surface area (Å²) < 4.78 is 0. The molecule has 82 valence electrons. The number of rotatable bonds is 2. The maximum atomic E-state index is 5.78. The third-order valence-electron chi connectivity index (χ3n) is 3.68. The highest BCUT2D eigenvalue weighted by Crippen LogP contribution is 2.41. The Morgan fingerprint density at radius 3 is 3.20 bits per heavy atom. The van der Waals surface area contributed by atoms with Crippen molar-refractivity contribution in [2.24, 2.45) is 5.92 Å². The molecule has 1 aliphatic heterocycles. The first-order chi connectivity index (χ1) is 7.38. The van der Waals surface area contributed by atoms with Crippen molar-refractivity contribution in [3.63, 3.8) is 0 Å². The van der Waals surface area contributed by atoms with Gasteiger partial charge in [0.15, 0.2) is 5.13 Å². The fourth-order valence-corrected chi connectivity index (χ4v) is 4.10. The second-order valence-corrected chi connectivity index (χ2v) is 5.60. The third-order valence-corrected chi connectivity index (χ3v) is 4.88. The molecule has 1 aromatic rings. The number of alkyl halides is 1. The van der Waals surface area contributed by atoms with E-state index in [0.717, 1.165) is 17.7 Å². The summed E-state index contributed by atoms with van der Waals surface area (Å²) in [6.07, 6.45) is 5.55. The minimum absolute atomic E-state index is 0.540. The molecule has 1 saturated heterocycles. The molecule has 2 heterocycles. The van der Waals surface area contributed by atoms with Crippen molar-refractivity contribution in [1.82, 2.24) is 4.98 Å². The smallest absolute Gasteiger partial charge is 0.185 e. The van der Waals surface area contributed by atoms with Crippen LogP contribution in [0.1, 0.15) is 31.4 Å². The monoisotopic (exact) mass is 242 g/mol. The lowest BCUT2D eigenvalue weighted by Gasteiger charge is -2.22. The Kier molecular flexibility index (Phi) is 2.61. The molecule has 2 aliphatic rings. The Balaban J connectivity index is 1.81. The van der Waals surface area contributed by atoms with Gasteiger partial charge in [0.25, 0.3) is 0 Å². The summed E-state index contributed by atoms with van der Waals surface area (Å²) in [5, 5.41) is 3.28. The van der Waals surface area contributed by atoms with Crippen molar-refractivity contribution < 1.29 is 0 Å². The van der Waals surface area contributed by atoms with Crippen LogP contribution in [0, 0.1) is 5.92 Å². The maximum absolute atomic E-state index is 5.78. The van der Waals surface area contributed by atoms with E-state index < -0.39 is 0 Å². The van der Waals surface area contributed by atoms with E-state index in [1.54, 1.807) is 11.3 Å². The van der Waals surface area contributed by atoms with Crippen LogP contribution in [0.2, 0.25) is 0 Å². The SMILES string of the molecule is ClCc1csc(N2CCC3CCCC32)n1.